The Morgan fingerprint density at radius 3 is 2.68 bits per heavy atom. The lowest BCUT2D eigenvalue weighted by Crippen LogP contribution is -2.44. The third-order valence-corrected chi connectivity index (χ3v) is 6.22. The van der Waals surface area contributed by atoms with Gasteiger partial charge in [0.1, 0.15) is 0 Å². The summed E-state index contributed by atoms with van der Waals surface area (Å²) >= 11 is 1.97. The van der Waals surface area contributed by atoms with Crippen molar-refractivity contribution < 1.29 is 0 Å². The highest BCUT2D eigenvalue weighted by Gasteiger charge is 2.26. The van der Waals surface area contributed by atoms with E-state index in [0.29, 0.717) is 0 Å². The van der Waals surface area contributed by atoms with Crippen LogP contribution in [0, 0.1) is 5.92 Å². The predicted octanol–water partition coefficient (Wildman–Crippen LogP) is 3.41. The van der Waals surface area contributed by atoms with Crippen LogP contribution in [0.4, 0.5) is 0 Å². The van der Waals surface area contributed by atoms with Gasteiger partial charge in [0.25, 0.3) is 0 Å². The molecule has 0 saturated carbocycles. The molecule has 140 valence electrons. The summed E-state index contributed by atoms with van der Waals surface area (Å²) in [5.41, 5.74) is 0.0724. The van der Waals surface area contributed by atoms with Gasteiger partial charge in [-0.2, -0.15) is 0 Å². The van der Waals surface area contributed by atoms with E-state index in [1.165, 1.54) is 17.1 Å². The van der Waals surface area contributed by atoms with Gasteiger partial charge in [0, 0.05) is 35.8 Å². The molecule has 1 heterocycles. The molecule has 1 atom stereocenters. The smallest absolute Gasteiger partial charge is 0.193 e. The summed E-state index contributed by atoms with van der Waals surface area (Å²) in [6, 6.07) is 10.7. The van der Waals surface area contributed by atoms with Crippen LogP contribution in [0.5, 0.6) is 0 Å². The zero-order valence-electron chi connectivity index (χ0n) is 16.5. The fourth-order valence-electron chi connectivity index (χ4n) is 2.73. The van der Waals surface area contributed by atoms with Gasteiger partial charge in [-0.1, -0.05) is 18.2 Å². The maximum absolute atomic E-state index is 4.92. The van der Waals surface area contributed by atoms with Crippen molar-refractivity contribution in [3.05, 3.63) is 30.3 Å². The van der Waals surface area contributed by atoms with Crippen LogP contribution in [0.15, 0.2) is 40.2 Å². The quantitative estimate of drug-likeness (QED) is 0.457. The molecule has 4 nitrogen and oxygen atoms in total. The first-order valence-corrected chi connectivity index (χ1v) is 10.3. The van der Waals surface area contributed by atoms with E-state index in [4.69, 9.17) is 4.99 Å². The average molecular weight is 363 g/mol. The van der Waals surface area contributed by atoms with Crippen LogP contribution < -0.4 is 5.32 Å². The summed E-state index contributed by atoms with van der Waals surface area (Å²) < 4.78 is 0. The fraction of sp³-hybridized carbons (Fsp3) is 0.650. The van der Waals surface area contributed by atoms with Gasteiger partial charge in [-0.05, 0) is 59.3 Å². The molecule has 5 heteroatoms. The number of hydrogen-bond acceptors (Lipinski definition) is 3. The number of likely N-dealkylation sites (N-methyl/N-ethyl adjacent to an activating group) is 1. The first-order valence-electron chi connectivity index (χ1n) is 9.31. The Balaban J connectivity index is 1.89. The molecule has 0 bridgehead atoms. The van der Waals surface area contributed by atoms with E-state index in [0.717, 1.165) is 38.1 Å². The van der Waals surface area contributed by atoms with Crippen LogP contribution in [-0.2, 0) is 0 Å². The highest BCUT2D eigenvalue weighted by molar-refractivity contribution is 7.99. The van der Waals surface area contributed by atoms with Crippen LogP contribution in [0.3, 0.4) is 0 Å². The number of nitrogens with zero attached hydrogens (tertiary/aromatic N) is 3. The highest BCUT2D eigenvalue weighted by Crippen LogP contribution is 2.26. The second-order valence-electron chi connectivity index (χ2n) is 7.60. The molecule has 1 aromatic rings. The SMILES string of the molecule is CCNC(=NCC(C)(C)N(C)C)N1CCC(CSc2ccccc2)C1. The minimum absolute atomic E-state index is 0.0724. The monoisotopic (exact) mass is 362 g/mol. The first-order chi connectivity index (χ1) is 11.9. The van der Waals surface area contributed by atoms with Crippen LogP contribution >= 0.6 is 11.8 Å². The second kappa shape index (κ2) is 9.48. The van der Waals surface area contributed by atoms with Gasteiger partial charge in [0.15, 0.2) is 5.96 Å². The second-order valence-corrected chi connectivity index (χ2v) is 8.70. The molecule has 0 aliphatic carbocycles. The lowest BCUT2D eigenvalue weighted by atomic mass is 10.1. The Bertz CT molecular complexity index is 542. The average Bonchev–Trinajstić information content (AvgIpc) is 3.06. The molecule has 0 radical (unpaired) electrons. The number of benzene rings is 1. The van der Waals surface area contributed by atoms with E-state index < -0.39 is 0 Å². The number of nitrogens with one attached hydrogen (secondary N) is 1. The maximum atomic E-state index is 4.92. The Hall–Kier alpha value is -1.20. The number of aliphatic imine (C=N–C) groups is 1. The summed E-state index contributed by atoms with van der Waals surface area (Å²) in [4.78, 5) is 11.0. The van der Waals surface area contributed by atoms with Crippen molar-refractivity contribution in [2.24, 2.45) is 10.9 Å². The molecule has 2 rings (SSSR count). The molecule has 0 spiro atoms. The zero-order valence-corrected chi connectivity index (χ0v) is 17.3. The molecule has 25 heavy (non-hydrogen) atoms. The van der Waals surface area contributed by atoms with E-state index >= 15 is 0 Å². The van der Waals surface area contributed by atoms with E-state index in [1.807, 2.05) is 11.8 Å². The van der Waals surface area contributed by atoms with Gasteiger partial charge in [-0.15, -0.1) is 11.8 Å². The molecule has 1 aromatic carbocycles. The van der Waals surface area contributed by atoms with E-state index in [2.05, 4.69) is 80.3 Å². The predicted molar refractivity (Wildman–Crippen MR) is 111 cm³/mol. The molecule has 1 aliphatic rings. The maximum Gasteiger partial charge on any atom is 0.193 e. The lowest BCUT2D eigenvalue weighted by Gasteiger charge is -2.32. The molecule has 0 amide bonds. The minimum Gasteiger partial charge on any atom is -0.357 e. The summed E-state index contributed by atoms with van der Waals surface area (Å²) in [7, 11) is 4.24. The van der Waals surface area contributed by atoms with Crippen LogP contribution in [0.2, 0.25) is 0 Å². The van der Waals surface area contributed by atoms with E-state index in [-0.39, 0.29) is 5.54 Å². The Kier molecular flexibility index (Phi) is 7.63. The van der Waals surface area contributed by atoms with E-state index in [1.54, 1.807) is 0 Å². The highest BCUT2D eigenvalue weighted by atomic mass is 32.2. The minimum atomic E-state index is 0.0724. The molecule has 1 saturated heterocycles. The summed E-state index contributed by atoms with van der Waals surface area (Å²) in [6.07, 6.45) is 1.25. The molecule has 1 N–H and O–H groups in total. The molecular weight excluding hydrogens is 328 g/mol. The third kappa shape index (κ3) is 6.23. The van der Waals surface area contributed by atoms with Crippen molar-refractivity contribution in [3.8, 4) is 0 Å². The fourth-order valence-corrected chi connectivity index (χ4v) is 3.78. The molecule has 1 unspecified atom stereocenters. The van der Waals surface area contributed by atoms with Crippen molar-refractivity contribution >= 4 is 17.7 Å². The summed E-state index contributed by atoms with van der Waals surface area (Å²) in [6.45, 7) is 10.6. The molecule has 1 fully saturated rings. The Labute approximate surface area is 158 Å². The van der Waals surface area contributed by atoms with Gasteiger partial charge in [0.05, 0.1) is 6.54 Å². The van der Waals surface area contributed by atoms with Gasteiger partial charge >= 0.3 is 0 Å². The van der Waals surface area contributed by atoms with E-state index in [9.17, 15) is 0 Å². The normalized spacial score (nSPS) is 18.9. The number of thioether (sulfide) groups is 1. The topological polar surface area (TPSA) is 30.9 Å². The van der Waals surface area contributed by atoms with Crippen LogP contribution in [0.1, 0.15) is 27.2 Å². The van der Waals surface area contributed by atoms with Crippen LogP contribution in [-0.4, -0.2) is 67.3 Å². The zero-order chi connectivity index (χ0) is 18.3. The van der Waals surface area contributed by atoms with Crippen molar-refractivity contribution in [1.29, 1.82) is 0 Å². The van der Waals surface area contributed by atoms with Crippen molar-refractivity contribution in [3.63, 3.8) is 0 Å². The standard InChI is InChI=1S/C20H34N4S/c1-6-21-19(22-16-20(2,3)23(4)5)24-13-12-17(14-24)15-25-18-10-8-7-9-11-18/h7-11,17H,6,12-16H2,1-5H3,(H,21,22). The van der Waals surface area contributed by atoms with Crippen LogP contribution in [0.25, 0.3) is 0 Å². The van der Waals surface area contributed by atoms with Gasteiger partial charge in [-0.3, -0.25) is 4.99 Å². The first kappa shape index (κ1) is 20.1. The molecular formula is C20H34N4S. The number of hydrogen-bond donors (Lipinski definition) is 1. The number of likely N-dealkylation sites (tertiary alicyclic amines) is 1. The number of guanidine groups is 1. The Morgan fingerprint density at radius 1 is 1.32 bits per heavy atom. The van der Waals surface area contributed by atoms with Crippen molar-refractivity contribution in [2.45, 2.75) is 37.6 Å². The molecule has 1 aliphatic heterocycles. The van der Waals surface area contributed by atoms with Crippen molar-refractivity contribution in [2.75, 3.05) is 46.0 Å². The van der Waals surface area contributed by atoms with Gasteiger partial charge in [0.2, 0.25) is 0 Å². The molecule has 0 aromatic heterocycles. The van der Waals surface area contributed by atoms with Crippen molar-refractivity contribution in [1.82, 2.24) is 15.1 Å². The summed E-state index contributed by atoms with van der Waals surface area (Å²) in [5, 5.41) is 3.48. The lowest BCUT2D eigenvalue weighted by molar-refractivity contribution is 0.204. The number of rotatable bonds is 7. The van der Waals surface area contributed by atoms with Gasteiger partial charge < -0.3 is 15.1 Å². The van der Waals surface area contributed by atoms with Gasteiger partial charge in [-0.25, -0.2) is 0 Å². The summed E-state index contributed by atoms with van der Waals surface area (Å²) in [5.74, 6) is 2.99. The largest absolute Gasteiger partial charge is 0.357 e. The third-order valence-electron chi connectivity index (χ3n) is 4.98. The Morgan fingerprint density at radius 2 is 2.04 bits per heavy atom.